The number of amides is 1. The van der Waals surface area contributed by atoms with Crippen LogP contribution in [0.25, 0.3) is 0 Å². The molecule has 0 fully saturated rings. The molecule has 0 saturated heterocycles. The highest BCUT2D eigenvalue weighted by Crippen LogP contribution is 2.03. The summed E-state index contributed by atoms with van der Waals surface area (Å²) in [5.41, 5.74) is 0. The van der Waals surface area contributed by atoms with E-state index < -0.39 is 36.9 Å². The number of aliphatic hydroxyl groups excluding tert-OH is 4. The molecular formula is C8H15NO6. The maximum Gasteiger partial charge on any atom is 0.217 e. The lowest BCUT2D eigenvalue weighted by molar-refractivity contribution is -0.129. The Morgan fingerprint density at radius 1 is 1.33 bits per heavy atom. The van der Waals surface area contributed by atoms with Gasteiger partial charge in [0.05, 0.1) is 6.61 Å². The van der Waals surface area contributed by atoms with Crippen LogP contribution >= 0.6 is 0 Å². The van der Waals surface area contributed by atoms with Gasteiger partial charge in [0, 0.05) is 6.92 Å². The average molecular weight is 221 g/mol. The molecular weight excluding hydrogens is 206 g/mol. The molecule has 0 saturated carbocycles. The van der Waals surface area contributed by atoms with E-state index in [0.717, 1.165) is 6.92 Å². The van der Waals surface area contributed by atoms with E-state index in [9.17, 15) is 19.8 Å². The van der Waals surface area contributed by atoms with Gasteiger partial charge in [-0.2, -0.15) is 0 Å². The minimum atomic E-state index is -1.71. The summed E-state index contributed by atoms with van der Waals surface area (Å²) in [6, 6.07) is -1.32. The van der Waals surface area contributed by atoms with E-state index in [-0.39, 0.29) is 6.29 Å². The fourth-order valence-electron chi connectivity index (χ4n) is 0.983. The molecule has 5 N–H and O–H groups in total. The van der Waals surface area contributed by atoms with Gasteiger partial charge in [-0.15, -0.1) is 0 Å². The molecule has 0 aromatic carbocycles. The summed E-state index contributed by atoms with van der Waals surface area (Å²) in [6.45, 7) is 0.377. The molecule has 1 amide bonds. The van der Waals surface area contributed by atoms with E-state index in [1.54, 1.807) is 0 Å². The molecule has 0 aromatic rings. The number of aliphatic hydroxyl groups is 4. The zero-order valence-electron chi connectivity index (χ0n) is 8.20. The van der Waals surface area contributed by atoms with E-state index in [4.69, 9.17) is 10.2 Å². The zero-order chi connectivity index (χ0) is 12.0. The summed E-state index contributed by atoms with van der Waals surface area (Å²) >= 11 is 0. The third-order valence-electron chi connectivity index (χ3n) is 1.82. The quantitative estimate of drug-likeness (QED) is 0.300. The number of carbonyl (C=O) groups excluding carboxylic acids is 2. The Morgan fingerprint density at radius 3 is 2.20 bits per heavy atom. The van der Waals surface area contributed by atoms with Crippen molar-refractivity contribution in [3.05, 3.63) is 0 Å². The van der Waals surface area contributed by atoms with Gasteiger partial charge in [0.2, 0.25) is 5.91 Å². The smallest absolute Gasteiger partial charge is 0.217 e. The Morgan fingerprint density at radius 2 is 1.87 bits per heavy atom. The Kier molecular flexibility index (Phi) is 6.02. The lowest BCUT2D eigenvalue weighted by Crippen LogP contribution is -2.53. The first-order valence-corrected chi connectivity index (χ1v) is 4.31. The molecule has 0 aliphatic carbocycles. The Labute approximate surface area is 86.3 Å². The van der Waals surface area contributed by atoms with Crippen LogP contribution in [0.15, 0.2) is 0 Å². The molecule has 0 rings (SSSR count). The monoisotopic (exact) mass is 221 g/mol. The van der Waals surface area contributed by atoms with Crippen molar-refractivity contribution in [3.8, 4) is 0 Å². The highest BCUT2D eigenvalue weighted by Gasteiger charge is 2.31. The van der Waals surface area contributed by atoms with Crippen LogP contribution in [0.2, 0.25) is 0 Å². The molecule has 0 unspecified atom stereocenters. The van der Waals surface area contributed by atoms with Crippen molar-refractivity contribution in [1.29, 1.82) is 0 Å². The first-order valence-electron chi connectivity index (χ1n) is 4.31. The normalized spacial score (nSPS) is 18.7. The van der Waals surface area contributed by atoms with Gasteiger partial charge in [-0.1, -0.05) is 0 Å². The van der Waals surface area contributed by atoms with Gasteiger partial charge in [0.25, 0.3) is 0 Å². The van der Waals surface area contributed by atoms with Crippen molar-refractivity contribution < 1.29 is 30.0 Å². The van der Waals surface area contributed by atoms with Gasteiger partial charge >= 0.3 is 0 Å². The van der Waals surface area contributed by atoms with Gasteiger partial charge in [-0.3, -0.25) is 4.79 Å². The molecule has 0 spiro atoms. The van der Waals surface area contributed by atoms with Gasteiger partial charge in [0.1, 0.15) is 30.6 Å². The van der Waals surface area contributed by atoms with E-state index in [2.05, 4.69) is 5.32 Å². The van der Waals surface area contributed by atoms with Crippen molar-refractivity contribution in [2.24, 2.45) is 0 Å². The van der Waals surface area contributed by atoms with Gasteiger partial charge in [0.15, 0.2) is 0 Å². The molecule has 7 heteroatoms. The molecule has 88 valence electrons. The van der Waals surface area contributed by atoms with Crippen LogP contribution < -0.4 is 5.32 Å². The summed E-state index contributed by atoms with van der Waals surface area (Å²) in [7, 11) is 0. The zero-order valence-corrected chi connectivity index (χ0v) is 8.20. The fourth-order valence-corrected chi connectivity index (χ4v) is 0.983. The maximum absolute atomic E-state index is 10.6. The summed E-state index contributed by atoms with van der Waals surface area (Å²) in [5.74, 6) is -0.558. The molecule has 7 nitrogen and oxygen atoms in total. The number of aldehydes is 1. The second-order valence-electron chi connectivity index (χ2n) is 3.09. The van der Waals surface area contributed by atoms with E-state index in [1.807, 2.05) is 0 Å². The van der Waals surface area contributed by atoms with Crippen molar-refractivity contribution in [3.63, 3.8) is 0 Å². The average Bonchev–Trinajstić information content (AvgIpc) is 2.22. The van der Waals surface area contributed by atoms with Crippen molar-refractivity contribution >= 4 is 12.2 Å². The molecule has 0 aliphatic heterocycles. The molecule has 0 radical (unpaired) electrons. The van der Waals surface area contributed by atoms with Crippen LogP contribution in [0.4, 0.5) is 0 Å². The van der Waals surface area contributed by atoms with Crippen LogP contribution in [0.3, 0.4) is 0 Å². The van der Waals surface area contributed by atoms with E-state index >= 15 is 0 Å². The molecule has 0 aliphatic rings. The van der Waals surface area contributed by atoms with Crippen molar-refractivity contribution in [2.45, 2.75) is 31.3 Å². The van der Waals surface area contributed by atoms with Crippen LogP contribution in [0, 0.1) is 0 Å². The van der Waals surface area contributed by atoms with Crippen LogP contribution in [0.5, 0.6) is 0 Å². The first-order chi connectivity index (χ1) is 6.93. The summed E-state index contributed by atoms with van der Waals surface area (Å²) in [4.78, 5) is 21.1. The molecule has 0 bridgehead atoms. The third-order valence-corrected chi connectivity index (χ3v) is 1.82. The Hall–Kier alpha value is -1.02. The van der Waals surface area contributed by atoms with Gasteiger partial charge < -0.3 is 30.5 Å². The minimum absolute atomic E-state index is 0.235. The summed E-state index contributed by atoms with van der Waals surface area (Å²) in [6.07, 6.45) is -4.72. The van der Waals surface area contributed by atoms with E-state index in [0.29, 0.717) is 0 Å². The second-order valence-corrected chi connectivity index (χ2v) is 3.09. The Balaban J connectivity index is 4.42. The SMILES string of the molecule is CC(=O)N[C@@H](C=O)[C@@H](O)[C@@H](O)[C@@H](O)CO. The number of carbonyl (C=O) groups is 2. The molecule has 4 atom stereocenters. The Bertz CT molecular complexity index is 221. The van der Waals surface area contributed by atoms with Crippen LogP contribution in [-0.2, 0) is 9.59 Å². The topological polar surface area (TPSA) is 127 Å². The van der Waals surface area contributed by atoms with E-state index in [1.165, 1.54) is 0 Å². The predicted octanol–water partition coefficient (Wildman–Crippen LogP) is -3.23. The second kappa shape index (κ2) is 6.46. The fraction of sp³-hybridized carbons (Fsp3) is 0.750. The predicted molar refractivity (Wildman–Crippen MR) is 48.8 cm³/mol. The summed E-state index contributed by atoms with van der Waals surface area (Å²) in [5, 5.41) is 38.2. The van der Waals surface area contributed by atoms with Crippen molar-refractivity contribution in [2.75, 3.05) is 6.61 Å². The highest BCUT2D eigenvalue weighted by atomic mass is 16.4. The lowest BCUT2D eigenvalue weighted by Gasteiger charge is -2.25. The standard InChI is InChI=1S/C8H15NO6/c1-4(12)9-5(2-10)7(14)8(15)6(13)3-11/h2,5-8,11,13-15H,3H2,1H3,(H,9,12)/t5-,6-,7+,8-/m0/s1. The van der Waals surface area contributed by atoms with Crippen LogP contribution in [0.1, 0.15) is 6.92 Å². The molecule has 0 heterocycles. The largest absolute Gasteiger partial charge is 0.394 e. The first kappa shape index (κ1) is 14.0. The van der Waals surface area contributed by atoms with Crippen molar-refractivity contribution in [1.82, 2.24) is 5.32 Å². The van der Waals surface area contributed by atoms with Gasteiger partial charge in [-0.25, -0.2) is 0 Å². The number of hydrogen-bond donors (Lipinski definition) is 5. The summed E-state index contributed by atoms with van der Waals surface area (Å²) < 4.78 is 0. The molecule has 15 heavy (non-hydrogen) atoms. The third kappa shape index (κ3) is 4.34. The molecule has 0 aromatic heterocycles. The maximum atomic E-state index is 10.6. The minimum Gasteiger partial charge on any atom is -0.394 e. The number of nitrogens with one attached hydrogen (secondary N) is 1. The van der Waals surface area contributed by atoms with Gasteiger partial charge in [-0.05, 0) is 0 Å². The highest BCUT2D eigenvalue weighted by molar-refractivity contribution is 5.77. The van der Waals surface area contributed by atoms with Crippen LogP contribution in [-0.4, -0.2) is 63.6 Å². The lowest BCUT2D eigenvalue weighted by atomic mass is 10.0. The number of rotatable bonds is 6. The number of hydrogen-bond acceptors (Lipinski definition) is 6.